The zero-order chi connectivity index (χ0) is 10.6. The Morgan fingerprint density at radius 3 is 2.64 bits per heavy atom. The molecule has 0 radical (unpaired) electrons. The molecular weight excluding hydrogens is 182 g/mol. The molecule has 1 unspecified atom stereocenters. The van der Waals surface area contributed by atoms with Crippen LogP contribution < -0.4 is 5.32 Å². The summed E-state index contributed by atoms with van der Waals surface area (Å²) < 4.78 is 15.4. The molecule has 0 aliphatic heterocycles. The van der Waals surface area contributed by atoms with Crippen LogP contribution in [0.4, 0.5) is 0 Å². The minimum Gasteiger partial charge on any atom is -0.382 e. The average molecular weight is 205 g/mol. The Hall–Kier alpha value is -0.160. The standard InChI is InChI=1S/C10H23NO3/c1-4-14-7-5-6-11-8-10(13-3)9-12-2/h10-11H,4-9H2,1-3H3. The average Bonchev–Trinajstić information content (AvgIpc) is 2.21. The molecule has 0 fully saturated rings. The van der Waals surface area contributed by atoms with Crippen molar-refractivity contribution in [2.75, 3.05) is 47.1 Å². The summed E-state index contributed by atoms with van der Waals surface area (Å²) in [4.78, 5) is 0. The molecule has 1 atom stereocenters. The van der Waals surface area contributed by atoms with Gasteiger partial charge in [0.05, 0.1) is 12.7 Å². The molecule has 0 saturated carbocycles. The lowest BCUT2D eigenvalue weighted by atomic mass is 10.3. The van der Waals surface area contributed by atoms with Crippen LogP contribution >= 0.6 is 0 Å². The summed E-state index contributed by atoms with van der Waals surface area (Å²) in [7, 11) is 3.38. The lowest BCUT2D eigenvalue weighted by molar-refractivity contribution is 0.0286. The van der Waals surface area contributed by atoms with Crippen LogP contribution in [0.1, 0.15) is 13.3 Å². The van der Waals surface area contributed by atoms with Crippen molar-refractivity contribution in [3.05, 3.63) is 0 Å². The van der Waals surface area contributed by atoms with Gasteiger partial charge in [-0.1, -0.05) is 0 Å². The SMILES string of the molecule is CCOCCCNCC(COC)OC. The van der Waals surface area contributed by atoms with Gasteiger partial charge in [-0.25, -0.2) is 0 Å². The predicted molar refractivity (Wildman–Crippen MR) is 56.7 cm³/mol. The normalized spacial score (nSPS) is 13.1. The highest BCUT2D eigenvalue weighted by atomic mass is 16.5. The first-order valence-corrected chi connectivity index (χ1v) is 5.15. The van der Waals surface area contributed by atoms with Gasteiger partial charge in [-0.15, -0.1) is 0 Å². The van der Waals surface area contributed by atoms with E-state index in [2.05, 4.69) is 5.32 Å². The molecule has 0 aromatic carbocycles. The topological polar surface area (TPSA) is 39.7 Å². The molecule has 1 N–H and O–H groups in total. The lowest BCUT2D eigenvalue weighted by Crippen LogP contribution is -2.32. The van der Waals surface area contributed by atoms with Crippen LogP contribution in [0.25, 0.3) is 0 Å². The van der Waals surface area contributed by atoms with Gasteiger partial charge in [-0.05, 0) is 19.9 Å². The van der Waals surface area contributed by atoms with Crippen molar-refractivity contribution in [2.24, 2.45) is 0 Å². The van der Waals surface area contributed by atoms with E-state index in [1.807, 2.05) is 6.92 Å². The Balaban J connectivity index is 3.15. The zero-order valence-corrected chi connectivity index (χ0v) is 9.54. The maximum atomic E-state index is 5.22. The summed E-state index contributed by atoms with van der Waals surface area (Å²) in [6, 6.07) is 0. The van der Waals surface area contributed by atoms with Crippen LogP contribution in [0.5, 0.6) is 0 Å². The number of hydrogen-bond donors (Lipinski definition) is 1. The third-order valence-electron chi connectivity index (χ3n) is 1.90. The molecule has 86 valence electrons. The highest BCUT2D eigenvalue weighted by Crippen LogP contribution is 1.88. The Kier molecular flexibility index (Phi) is 10.8. The van der Waals surface area contributed by atoms with Gasteiger partial charge in [0.25, 0.3) is 0 Å². The van der Waals surface area contributed by atoms with E-state index >= 15 is 0 Å². The molecule has 0 amide bonds. The second kappa shape index (κ2) is 10.9. The Morgan fingerprint density at radius 1 is 1.29 bits per heavy atom. The molecular formula is C10H23NO3. The summed E-state index contributed by atoms with van der Waals surface area (Å²) in [5.74, 6) is 0. The fraction of sp³-hybridized carbons (Fsp3) is 1.00. The van der Waals surface area contributed by atoms with E-state index in [-0.39, 0.29) is 6.10 Å². The number of rotatable bonds is 10. The van der Waals surface area contributed by atoms with Gasteiger partial charge in [0.2, 0.25) is 0 Å². The van der Waals surface area contributed by atoms with E-state index in [1.165, 1.54) is 0 Å². The molecule has 0 spiro atoms. The molecule has 0 heterocycles. The van der Waals surface area contributed by atoms with E-state index in [4.69, 9.17) is 14.2 Å². The fourth-order valence-corrected chi connectivity index (χ4v) is 1.10. The van der Waals surface area contributed by atoms with Gasteiger partial charge in [-0.2, -0.15) is 0 Å². The minimum absolute atomic E-state index is 0.145. The second-order valence-electron chi connectivity index (χ2n) is 3.07. The first-order valence-electron chi connectivity index (χ1n) is 5.15. The van der Waals surface area contributed by atoms with Crippen LogP contribution in [0.15, 0.2) is 0 Å². The summed E-state index contributed by atoms with van der Waals surface area (Å²) in [5.41, 5.74) is 0. The van der Waals surface area contributed by atoms with Crippen molar-refractivity contribution in [3.63, 3.8) is 0 Å². The summed E-state index contributed by atoms with van der Waals surface area (Å²) in [6.45, 7) is 6.05. The van der Waals surface area contributed by atoms with Gasteiger partial charge in [-0.3, -0.25) is 0 Å². The number of nitrogens with one attached hydrogen (secondary N) is 1. The lowest BCUT2D eigenvalue weighted by Gasteiger charge is -2.14. The van der Waals surface area contributed by atoms with Crippen molar-refractivity contribution in [1.82, 2.24) is 5.32 Å². The van der Waals surface area contributed by atoms with Crippen molar-refractivity contribution in [1.29, 1.82) is 0 Å². The molecule has 0 aliphatic rings. The third kappa shape index (κ3) is 8.44. The molecule has 0 aliphatic carbocycles. The molecule has 0 rings (SSSR count). The van der Waals surface area contributed by atoms with Gasteiger partial charge in [0, 0.05) is 34.0 Å². The van der Waals surface area contributed by atoms with Gasteiger partial charge >= 0.3 is 0 Å². The van der Waals surface area contributed by atoms with E-state index in [0.29, 0.717) is 6.61 Å². The molecule has 4 heteroatoms. The maximum Gasteiger partial charge on any atom is 0.0928 e. The fourth-order valence-electron chi connectivity index (χ4n) is 1.10. The van der Waals surface area contributed by atoms with E-state index in [1.54, 1.807) is 14.2 Å². The third-order valence-corrected chi connectivity index (χ3v) is 1.90. The van der Waals surface area contributed by atoms with Crippen molar-refractivity contribution in [2.45, 2.75) is 19.4 Å². The van der Waals surface area contributed by atoms with Crippen LogP contribution in [0.2, 0.25) is 0 Å². The van der Waals surface area contributed by atoms with Crippen molar-refractivity contribution >= 4 is 0 Å². The van der Waals surface area contributed by atoms with Crippen molar-refractivity contribution in [3.8, 4) is 0 Å². The second-order valence-corrected chi connectivity index (χ2v) is 3.07. The first kappa shape index (κ1) is 13.8. The van der Waals surface area contributed by atoms with E-state index < -0.39 is 0 Å². The van der Waals surface area contributed by atoms with Crippen molar-refractivity contribution < 1.29 is 14.2 Å². The van der Waals surface area contributed by atoms with Gasteiger partial charge < -0.3 is 19.5 Å². The predicted octanol–water partition coefficient (Wildman–Crippen LogP) is 0.664. The number of methoxy groups -OCH3 is 2. The minimum atomic E-state index is 0.145. The monoisotopic (exact) mass is 205 g/mol. The Morgan fingerprint density at radius 2 is 2.07 bits per heavy atom. The Bertz CT molecular complexity index is 112. The number of hydrogen-bond acceptors (Lipinski definition) is 4. The van der Waals surface area contributed by atoms with E-state index in [0.717, 1.165) is 32.7 Å². The highest BCUT2D eigenvalue weighted by molar-refractivity contribution is 4.59. The highest BCUT2D eigenvalue weighted by Gasteiger charge is 2.04. The summed E-state index contributed by atoms with van der Waals surface area (Å²) in [5, 5.41) is 3.30. The van der Waals surface area contributed by atoms with E-state index in [9.17, 15) is 0 Å². The molecule has 0 saturated heterocycles. The van der Waals surface area contributed by atoms with Crippen LogP contribution in [0.3, 0.4) is 0 Å². The summed E-state index contributed by atoms with van der Waals surface area (Å²) in [6.07, 6.45) is 1.18. The molecule has 0 aromatic heterocycles. The van der Waals surface area contributed by atoms with Crippen LogP contribution in [0, 0.1) is 0 Å². The summed E-state index contributed by atoms with van der Waals surface area (Å²) >= 11 is 0. The largest absolute Gasteiger partial charge is 0.382 e. The molecule has 14 heavy (non-hydrogen) atoms. The zero-order valence-electron chi connectivity index (χ0n) is 9.54. The molecule has 0 bridgehead atoms. The van der Waals surface area contributed by atoms with Crippen LogP contribution in [-0.2, 0) is 14.2 Å². The first-order chi connectivity index (χ1) is 6.85. The number of ether oxygens (including phenoxy) is 3. The van der Waals surface area contributed by atoms with Gasteiger partial charge in [0.1, 0.15) is 0 Å². The maximum absolute atomic E-state index is 5.22. The smallest absolute Gasteiger partial charge is 0.0928 e. The quantitative estimate of drug-likeness (QED) is 0.532. The molecule has 0 aromatic rings. The molecule has 4 nitrogen and oxygen atoms in total. The van der Waals surface area contributed by atoms with Gasteiger partial charge in [0.15, 0.2) is 0 Å². The van der Waals surface area contributed by atoms with Crippen LogP contribution in [-0.4, -0.2) is 53.2 Å². The Labute approximate surface area is 86.9 Å².